The summed E-state index contributed by atoms with van der Waals surface area (Å²) in [6.07, 6.45) is 9.54. The highest BCUT2D eigenvalue weighted by Gasteiger charge is 2.24. The SMILES string of the molecule is CCCCOc1ccc(C(=O)C2CCCCC2)c2cccnc12. The number of hydrogen-bond donors (Lipinski definition) is 0. The molecule has 1 aliphatic rings. The Morgan fingerprint density at radius 3 is 2.83 bits per heavy atom. The van der Waals surface area contributed by atoms with Crippen molar-refractivity contribution >= 4 is 16.7 Å². The number of hydrogen-bond acceptors (Lipinski definition) is 3. The minimum atomic E-state index is 0.180. The molecule has 0 atom stereocenters. The first-order valence-corrected chi connectivity index (χ1v) is 8.86. The summed E-state index contributed by atoms with van der Waals surface area (Å²) in [6.45, 7) is 2.84. The number of carbonyl (C=O) groups is 1. The number of unbranched alkanes of at least 4 members (excludes halogenated alkanes) is 1. The maximum absolute atomic E-state index is 12.9. The number of ketones is 1. The summed E-state index contributed by atoms with van der Waals surface area (Å²) in [4.78, 5) is 17.4. The lowest BCUT2D eigenvalue weighted by atomic mass is 9.83. The predicted molar refractivity (Wildman–Crippen MR) is 93.1 cm³/mol. The van der Waals surface area contributed by atoms with Crippen LogP contribution in [0.4, 0.5) is 0 Å². The van der Waals surface area contributed by atoms with Crippen LogP contribution in [0.25, 0.3) is 10.9 Å². The van der Waals surface area contributed by atoms with Gasteiger partial charge >= 0.3 is 0 Å². The highest BCUT2D eigenvalue weighted by molar-refractivity contribution is 6.09. The van der Waals surface area contributed by atoms with Crippen LogP contribution in [0.2, 0.25) is 0 Å². The molecule has 1 heterocycles. The molecule has 3 heteroatoms. The van der Waals surface area contributed by atoms with Crippen LogP contribution in [0.1, 0.15) is 62.2 Å². The Bertz CT molecular complexity index is 674. The van der Waals surface area contributed by atoms with Crippen molar-refractivity contribution in [1.29, 1.82) is 0 Å². The highest BCUT2D eigenvalue weighted by Crippen LogP contribution is 2.32. The van der Waals surface area contributed by atoms with Crippen LogP contribution in [0.5, 0.6) is 5.75 Å². The summed E-state index contributed by atoms with van der Waals surface area (Å²) in [5.41, 5.74) is 1.62. The number of benzene rings is 1. The fourth-order valence-electron chi connectivity index (χ4n) is 3.39. The van der Waals surface area contributed by atoms with Gasteiger partial charge in [-0.3, -0.25) is 9.78 Å². The van der Waals surface area contributed by atoms with Gasteiger partial charge in [0.1, 0.15) is 11.3 Å². The van der Waals surface area contributed by atoms with Gasteiger partial charge in [0, 0.05) is 23.1 Å². The Labute approximate surface area is 138 Å². The van der Waals surface area contributed by atoms with E-state index in [2.05, 4.69) is 11.9 Å². The van der Waals surface area contributed by atoms with E-state index in [1.165, 1.54) is 19.3 Å². The Morgan fingerprint density at radius 1 is 1.22 bits per heavy atom. The number of fused-ring (bicyclic) bond motifs is 1. The number of pyridine rings is 1. The van der Waals surface area contributed by atoms with Gasteiger partial charge in [-0.2, -0.15) is 0 Å². The van der Waals surface area contributed by atoms with E-state index in [0.717, 1.165) is 47.9 Å². The van der Waals surface area contributed by atoms with E-state index in [0.29, 0.717) is 6.61 Å². The molecule has 1 aromatic carbocycles. The predicted octanol–water partition coefficient (Wildman–Crippen LogP) is 5.18. The van der Waals surface area contributed by atoms with E-state index in [-0.39, 0.29) is 11.7 Å². The van der Waals surface area contributed by atoms with Crippen molar-refractivity contribution in [3.05, 3.63) is 36.0 Å². The number of ether oxygens (including phenoxy) is 1. The molecule has 1 fully saturated rings. The molecule has 0 N–H and O–H groups in total. The average molecular weight is 311 g/mol. The van der Waals surface area contributed by atoms with Crippen LogP contribution in [-0.4, -0.2) is 17.4 Å². The van der Waals surface area contributed by atoms with Crippen LogP contribution in [0.3, 0.4) is 0 Å². The topological polar surface area (TPSA) is 39.2 Å². The van der Waals surface area contributed by atoms with E-state index in [1.54, 1.807) is 6.20 Å². The van der Waals surface area contributed by atoms with Crippen molar-refractivity contribution in [2.75, 3.05) is 6.61 Å². The molecule has 0 radical (unpaired) electrons. The molecule has 0 aliphatic heterocycles. The molecule has 1 saturated carbocycles. The summed E-state index contributed by atoms with van der Waals surface area (Å²) in [6, 6.07) is 7.74. The van der Waals surface area contributed by atoms with Gasteiger partial charge in [-0.1, -0.05) is 38.7 Å². The fourth-order valence-corrected chi connectivity index (χ4v) is 3.39. The van der Waals surface area contributed by atoms with Crippen LogP contribution in [-0.2, 0) is 0 Å². The molecular formula is C20H25NO2. The minimum Gasteiger partial charge on any atom is -0.491 e. The van der Waals surface area contributed by atoms with Crippen molar-refractivity contribution in [2.24, 2.45) is 5.92 Å². The monoisotopic (exact) mass is 311 g/mol. The molecule has 1 aliphatic carbocycles. The van der Waals surface area contributed by atoms with Gasteiger partial charge in [0.05, 0.1) is 6.61 Å². The first-order valence-electron chi connectivity index (χ1n) is 8.86. The maximum Gasteiger partial charge on any atom is 0.166 e. The van der Waals surface area contributed by atoms with Crippen LogP contribution >= 0.6 is 0 Å². The van der Waals surface area contributed by atoms with Crippen molar-refractivity contribution in [1.82, 2.24) is 4.98 Å². The number of rotatable bonds is 6. The van der Waals surface area contributed by atoms with Gasteiger partial charge in [0.2, 0.25) is 0 Å². The lowest BCUT2D eigenvalue weighted by molar-refractivity contribution is 0.0891. The van der Waals surface area contributed by atoms with E-state index in [1.807, 2.05) is 24.3 Å². The molecule has 122 valence electrons. The van der Waals surface area contributed by atoms with Crippen LogP contribution in [0, 0.1) is 5.92 Å². The van der Waals surface area contributed by atoms with E-state index >= 15 is 0 Å². The third kappa shape index (κ3) is 3.54. The molecule has 0 amide bonds. The maximum atomic E-state index is 12.9. The Hall–Kier alpha value is -1.90. The lowest BCUT2D eigenvalue weighted by Gasteiger charge is -2.21. The Balaban J connectivity index is 1.92. The van der Waals surface area contributed by atoms with Crippen LogP contribution < -0.4 is 4.74 Å². The summed E-state index contributed by atoms with van der Waals surface area (Å²) in [5, 5.41) is 0.928. The molecule has 1 aromatic heterocycles. The molecular weight excluding hydrogens is 286 g/mol. The lowest BCUT2D eigenvalue weighted by Crippen LogP contribution is -2.18. The number of aromatic nitrogens is 1. The standard InChI is InChI=1S/C20H25NO2/c1-2-3-14-23-18-12-11-17(16-10-7-13-21-19(16)18)20(22)15-8-5-4-6-9-15/h7,10-13,15H,2-6,8-9,14H2,1H3. The van der Waals surface area contributed by atoms with Crippen molar-refractivity contribution in [2.45, 2.75) is 51.9 Å². The van der Waals surface area contributed by atoms with Gasteiger partial charge in [-0.05, 0) is 37.5 Å². The first kappa shape index (κ1) is 16.0. The molecule has 0 unspecified atom stereocenters. The summed E-state index contributed by atoms with van der Waals surface area (Å²) < 4.78 is 5.87. The summed E-state index contributed by atoms with van der Waals surface area (Å²) in [5.74, 6) is 1.25. The van der Waals surface area contributed by atoms with Crippen LogP contribution in [0.15, 0.2) is 30.5 Å². The number of carbonyl (C=O) groups excluding carboxylic acids is 1. The molecule has 0 saturated heterocycles. The van der Waals surface area contributed by atoms with Gasteiger partial charge in [0.25, 0.3) is 0 Å². The zero-order chi connectivity index (χ0) is 16.1. The second kappa shape index (κ2) is 7.58. The normalized spacial score (nSPS) is 15.7. The molecule has 0 bridgehead atoms. The van der Waals surface area contributed by atoms with Gasteiger partial charge < -0.3 is 4.74 Å². The second-order valence-corrected chi connectivity index (χ2v) is 6.41. The number of nitrogens with zero attached hydrogens (tertiary/aromatic N) is 1. The molecule has 23 heavy (non-hydrogen) atoms. The number of Topliss-reactive ketones (excluding diaryl/α,β-unsaturated/α-hetero) is 1. The van der Waals surface area contributed by atoms with Gasteiger partial charge in [-0.15, -0.1) is 0 Å². The zero-order valence-electron chi connectivity index (χ0n) is 13.9. The summed E-state index contributed by atoms with van der Waals surface area (Å²) >= 11 is 0. The minimum absolute atomic E-state index is 0.180. The molecule has 3 rings (SSSR count). The molecule has 3 nitrogen and oxygen atoms in total. The van der Waals surface area contributed by atoms with Gasteiger partial charge in [0.15, 0.2) is 5.78 Å². The first-order chi connectivity index (χ1) is 11.3. The van der Waals surface area contributed by atoms with E-state index < -0.39 is 0 Å². The molecule has 2 aromatic rings. The van der Waals surface area contributed by atoms with Crippen molar-refractivity contribution < 1.29 is 9.53 Å². The molecule has 0 spiro atoms. The zero-order valence-corrected chi connectivity index (χ0v) is 13.9. The quantitative estimate of drug-likeness (QED) is 0.545. The van der Waals surface area contributed by atoms with E-state index in [4.69, 9.17) is 4.74 Å². The van der Waals surface area contributed by atoms with Crippen molar-refractivity contribution in [3.63, 3.8) is 0 Å². The average Bonchev–Trinajstić information content (AvgIpc) is 2.62. The Morgan fingerprint density at radius 2 is 2.04 bits per heavy atom. The second-order valence-electron chi connectivity index (χ2n) is 6.41. The van der Waals surface area contributed by atoms with Gasteiger partial charge in [-0.25, -0.2) is 0 Å². The smallest absolute Gasteiger partial charge is 0.166 e. The van der Waals surface area contributed by atoms with Crippen molar-refractivity contribution in [3.8, 4) is 5.75 Å². The van der Waals surface area contributed by atoms with E-state index in [9.17, 15) is 4.79 Å². The third-order valence-corrected chi connectivity index (χ3v) is 4.73. The largest absolute Gasteiger partial charge is 0.491 e. The Kier molecular flexibility index (Phi) is 5.27. The highest BCUT2D eigenvalue weighted by atomic mass is 16.5. The fraction of sp³-hybridized carbons (Fsp3) is 0.500. The third-order valence-electron chi connectivity index (χ3n) is 4.73. The summed E-state index contributed by atoms with van der Waals surface area (Å²) in [7, 11) is 0.